The van der Waals surface area contributed by atoms with Crippen molar-refractivity contribution in [3.63, 3.8) is 0 Å². The monoisotopic (exact) mass is 297 g/mol. The van der Waals surface area contributed by atoms with E-state index < -0.39 is 0 Å². The fourth-order valence-electron chi connectivity index (χ4n) is 2.58. The fraction of sp³-hybridized carbons (Fsp3) is 0.353. The number of hydrogen-bond acceptors (Lipinski definition) is 3. The lowest BCUT2D eigenvalue weighted by Gasteiger charge is -2.24. The smallest absolute Gasteiger partial charge is 0.261 e. The number of pyridine rings is 2. The van der Waals surface area contributed by atoms with Crippen LogP contribution < -0.4 is 5.56 Å². The highest BCUT2D eigenvalue weighted by Crippen LogP contribution is 2.34. The fourth-order valence-corrected chi connectivity index (χ4v) is 2.58. The number of amides is 1. The third-order valence-corrected chi connectivity index (χ3v) is 4.32. The van der Waals surface area contributed by atoms with Gasteiger partial charge in [0, 0.05) is 19.3 Å². The predicted molar refractivity (Wildman–Crippen MR) is 84.6 cm³/mol. The van der Waals surface area contributed by atoms with Crippen molar-refractivity contribution < 1.29 is 4.79 Å². The maximum atomic E-state index is 12.5. The van der Waals surface area contributed by atoms with Crippen LogP contribution in [0.2, 0.25) is 0 Å². The van der Waals surface area contributed by atoms with Gasteiger partial charge in [-0.3, -0.25) is 14.6 Å². The first-order valence-corrected chi connectivity index (χ1v) is 7.50. The molecule has 0 bridgehead atoms. The van der Waals surface area contributed by atoms with Crippen molar-refractivity contribution in [1.82, 2.24) is 14.9 Å². The zero-order valence-corrected chi connectivity index (χ0v) is 12.7. The Morgan fingerprint density at radius 3 is 2.68 bits per heavy atom. The van der Waals surface area contributed by atoms with Crippen molar-refractivity contribution >= 4 is 5.91 Å². The van der Waals surface area contributed by atoms with Gasteiger partial charge in [-0.2, -0.15) is 0 Å². The molecule has 114 valence electrons. The van der Waals surface area contributed by atoms with Crippen LogP contribution in [-0.4, -0.2) is 33.9 Å². The molecule has 3 rings (SSSR count). The number of aromatic amines is 1. The van der Waals surface area contributed by atoms with Crippen LogP contribution >= 0.6 is 0 Å². The van der Waals surface area contributed by atoms with Crippen molar-refractivity contribution in [2.75, 3.05) is 7.05 Å². The van der Waals surface area contributed by atoms with E-state index in [4.69, 9.17) is 0 Å². The number of nitrogens with zero attached hydrogens (tertiary/aromatic N) is 2. The minimum atomic E-state index is -0.372. The van der Waals surface area contributed by atoms with Gasteiger partial charge in [0.05, 0.1) is 11.4 Å². The van der Waals surface area contributed by atoms with Gasteiger partial charge < -0.3 is 9.88 Å². The summed E-state index contributed by atoms with van der Waals surface area (Å²) in [5, 5.41) is 0. The third kappa shape index (κ3) is 2.79. The quantitative estimate of drug-likeness (QED) is 0.941. The average molecular weight is 297 g/mol. The Morgan fingerprint density at radius 1 is 1.32 bits per heavy atom. The summed E-state index contributed by atoms with van der Waals surface area (Å²) < 4.78 is 0. The summed E-state index contributed by atoms with van der Waals surface area (Å²) in [4.78, 5) is 33.3. The third-order valence-electron chi connectivity index (χ3n) is 4.32. The van der Waals surface area contributed by atoms with Crippen molar-refractivity contribution in [3.05, 3.63) is 52.4 Å². The molecule has 0 unspecified atom stereocenters. The standard InChI is InChI=1S/C17H19N3O2/c1-11(12-6-7-12)20(2)17(22)13-8-9-15(19-16(13)21)14-5-3-4-10-18-14/h3-5,8-12H,6-7H2,1-2H3,(H,19,21)/t11-/m1/s1. The number of H-pyrrole nitrogens is 1. The number of aromatic nitrogens is 2. The SMILES string of the molecule is C[C@H](C1CC1)N(C)C(=O)c1ccc(-c2ccccn2)[nH]c1=O. The molecule has 1 aliphatic rings. The minimum Gasteiger partial charge on any atom is -0.339 e. The molecule has 22 heavy (non-hydrogen) atoms. The number of hydrogen-bond donors (Lipinski definition) is 1. The van der Waals surface area contributed by atoms with Gasteiger partial charge in [0.15, 0.2) is 0 Å². The molecule has 0 spiro atoms. The maximum Gasteiger partial charge on any atom is 0.261 e. The Morgan fingerprint density at radius 2 is 2.09 bits per heavy atom. The Bertz CT molecular complexity index is 735. The van der Waals surface area contributed by atoms with E-state index in [9.17, 15) is 9.59 Å². The molecule has 2 aromatic rings. The van der Waals surface area contributed by atoms with E-state index in [0.29, 0.717) is 17.3 Å². The molecule has 0 radical (unpaired) electrons. The van der Waals surface area contributed by atoms with Crippen LogP contribution in [0, 0.1) is 5.92 Å². The molecule has 1 aliphatic carbocycles. The second-order valence-corrected chi connectivity index (χ2v) is 5.82. The Hall–Kier alpha value is -2.43. The van der Waals surface area contributed by atoms with Crippen LogP contribution in [0.25, 0.3) is 11.4 Å². The zero-order valence-electron chi connectivity index (χ0n) is 12.7. The number of carbonyl (C=O) groups is 1. The van der Waals surface area contributed by atoms with Crippen molar-refractivity contribution in [2.45, 2.75) is 25.8 Å². The summed E-state index contributed by atoms with van der Waals surface area (Å²) in [6.07, 6.45) is 3.99. The van der Waals surface area contributed by atoms with E-state index in [0.717, 1.165) is 12.8 Å². The van der Waals surface area contributed by atoms with E-state index in [-0.39, 0.29) is 23.1 Å². The second kappa shape index (κ2) is 5.75. The van der Waals surface area contributed by atoms with E-state index >= 15 is 0 Å². The van der Waals surface area contributed by atoms with Gasteiger partial charge in [-0.1, -0.05) is 6.07 Å². The molecule has 2 aromatic heterocycles. The Labute approximate surface area is 129 Å². The van der Waals surface area contributed by atoms with E-state index in [1.54, 1.807) is 30.3 Å². The van der Waals surface area contributed by atoms with Crippen LogP contribution in [0.4, 0.5) is 0 Å². The highest BCUT2D eigenvalue weighted by Gasteiger charge is 2.33. The molecule has 0 saturated heterocycles. The molecule has 1 atom stereocenters. The molecule has 1 saturated carbocycles. The minimum absolute atomic E-state index is 0.169. The summed E-state index contributed by atoms with van der Waals surface area (Å²) >= 11 is 0. The first kappa shape index (κ1) is 14.5. The summed E-state index contributed by atoms with van der Waals surface area (Å²) in [7, 11) is 1.76. The molecule has 1 N–H and O–H groups in total. The summed E-state index contributed by atoms with van der Waals surface area (Å²) in [6.45, 7) is 2.03. The lowest BCUT2D eigenvalue weighted by Crippen LogP contribution is -2.39. The van der Waals surface area contributed by atoms with Gasteiger partial charge >= 0.3 is 0 Å². The highest BCUT2D eigenvalue weighted by molar-refractivity contribution is 5.94. The van der Waals surface area contributed by atoms with Crippen molar-refractivity contribution in [3.8, 4) is 11.4 Å². The zero-order chi connectivity index (χ0) is 15.7. The Balaban J connectivity index is 1.86. The number of rotatable bonds is 4. The topological polar surface area (TPSA) is 66.1 Å². The highest BCUT2D eigenvalue weighted by atomic mass is 16.2. The van der Waals surface area contributed by atoms with Gasteiger partial charge in [0.2, 0.25) is 0 Å². The van der Waals surface area contributed by atoms with Crippen LogP contribution in [0.1, 0.15) is 30.1 Å². The van der Waals surface area contributed by atoms with Crippen molar-refractivity contribution in [2.24, 2.45) is 5.92 Å². The molecular formula is C17H19N3O2. The second-order valence-electron chi connectivity index (χ2n) is 5.82. The lowest BCUT2D eigenvalue weighted by atomic mass is 10.1. The first-order valence-electron chi connectivity index (χ1n) is 7.50. The average Bonchev–Trinajstić information content (AvgIpc) is 3.38. The molecule has 5 heteroatoms. The maximum absolute atomic E-state index is 12.5. The van der Waals surface area contributed by atoms with Crippen LogP contribution in [0.3, 0.4) is 0 Å². The molecule has 2 heterocycles. The van der Waals surface area contributed by atoms with Gasteiger partial charge in [0.25, 0.3) is 11.5 Å². The molecule has 0 aromatic carbocycles. The first-order chi connectivity index (χ1) is 10.6. The lowest BCUT2D eigenvalue weighted by molar-refractivity contribution is 0.0725. The van der Waals surface area contributed by atoms with Gasteiger partial charge in [-0.05, 0) is 49.9 Å². The van der Waals surface area contributed by atoms with Crippen LogP contribution in [-0.2, 0) is 0 Å². The molecular weight excluding hydrogens is 278 g/mol. The summed E-state index contributed by atoms with van der Waals surface area (Å²) in [5.74, 6) is 0.342. The summed E-state index contributed by atoms with van der Waals surface area (Å²) in [6, 6.07) is 8.96. The normalized spacial score (nSPS) is 15.4. The van der Waals surface area contributed by atoms with Crippen molar-refractivity contribution in [1.29, 1.82) is 0 Å². The Kier molecular flexibility index (Phi) is 3.79. The summed E-state index contributed by atoms with van der Waals surface area (Å²) in [5.41, 5.74) is 1.09. The predicted octanol–water partition coefficient (Wildman–Crippen LogP) is 2.31. The van der Waals surface area contributed by atoms with Gasteiger partial charge in [-0.15, -0.1) is 0 Å². The van der Waals surface area contributed by atoms with Crippen LogP contribution in [0.15, 0.2) is 41.3 Å². The van der Waals surface area contributed by atoms with Gasteiger partial charge in [0.1, 0.15) is 5.56 Å². The van der Waals surface area contributed by atoms with E-state index in [1.165, 1.54) is 0 Å². The van der Waals surface area contributed by atoms with Crippen LogP contribution in [0.5, 0.6) is 0 Å². The number of carbonyl (C=O) groups excluding carboxylic acids is 1. The van der Waals surface area contributed by atoms with E-state index in [1.807, 2.05) is 25.1 Å². The molecule has 5 nitrogen and oxygen atoms in total. The molecule has 0 aliphatic heterocycles. The molecule has 1 amide bonds. The number of nitrogens with one attached hydrogen (secondary N) is 1. The van der Waals surface area contributed by atoms with Gasteiger partial charge in [-0.25, -0.2) is 0 Å². The largest absolute Gasteiger partial charge is 0.339 e. The molecule has 1 fully saturated rings. The van der Waals surface area contributed by atoms with E-state index in [2.05, 4.69) is 9.97 Å².